The highest BCUT2D eigenvalue weighted by Gasteiger charge is 2.32. The number of benzene rings is 1. The number of nitrogens with zero attached hydrogens (tertiary/aromatic N) is 3. The van der Waals surface area contributed by atoms with Crippen LogP contribution in [0.4, 0.5) is 23.8 Å². The highest BCUT2D eigenvalue weighted by atomic mass is 19.4. The zero-order valence-corrected chi connectivity index (χ0v) is 13.9. The Bertz CT molecular complexity index is 855. The van der Waals surface area contributed by atoms with Crippen molar-refractivity contribution >= 4 is 17.8 Å². The zero-order chi connectivity index (χ0) is 19.6. The number of carbonyl (C=O) groups is 2. The molecule has 1 aliphatic heterocycles. The molecule has 142 valence electrons. The standard InChI is InChI=1S/C17H15F3N4O3/c18-17(19,20)27-13-3-1-11(2-4-13)10-23-7-8-24(16(23)26)14-9-12(15(21)25)5-6-22-14/h1-6,9H,7-8,10H2,(H2,21,25). The topological polar surface area (TPSA) is 88.8 Å². The molecule has 7 nitrogen and oxygen atoms in total. The van der Waals surface area contributed by atoms with Crippen molar-refractivity contribution < 1.29 is 27.5 Å². The molecular weight excluding hydrogens is 365 g/mol. The van der Waals surface area contributed by atoms with Gasteiger partial charge in [-0.15, -0.1) is 13.2 Å². The normalized spacial score (nSPS) is 14.6. The van der Waals surface area contributed by atoms with E-state index in [0.717, 1.165) is 0 Å². The second-order valence-corrected chi connectivity index (χ2v) is 5.81. The minimum absolute atomic E-state index is 0.219. The first kappa shape index (κ1) is 18.5. The molecule has 0 radical (unpaired) electrons. The summed E-state index contributed by atoms with van der Waals surface area (Å²) in [6.07, 6.45) is -3.36. The number of alkyl halides is 3. The highest BCUT2D eigenvalue weighted by molar-refractivity contribution is 5.96. The number of pyridine rings is 1. The van der Waals surface area contributed by atoms with Gasteiger partial charge in [0.05, 0.1) is 0 Å². The molecule has 1 fully saturated rings. The predicted molar refractivity (Wildman–Crippen MR) is 89.0 cm³/mol. The summed E-state index contributed by atoms with van der Waals surface area (Å²) in [5.41, 5.74) is 6.13. The highest BCUT2D eigenvalue weighted by Crippen LogP contribution is 2.24. The Morgan fingerprint density at radius 1 is 1.19 bits per heavy atom. The van der Waals surface area contributed by atoms with Gasteiger partial charge in [-0.1, -0.05) is 12.1 Å². The smallest absolute Gasteiger partial charge is 0.406 e. The summed E-state index contributed by atoms with van der Waals surface area (Å²) in [5, 5.41) is 0. The van der Waals surface area contributed by atoms with E-state index in [1.807, 2.05) is 0 Å². The molecular formula is C17H15F3N4O3. The van der Waals surface area contributed by atoms with Crippen molar-refractivity contribution in [2.24, 2.45) is 5.73 Å². The Hall–Kier alpha value is -3.30. The Morgan fingerprint density at radius 3 is 2.52 bits per heavy atom. The van der Waals surface area contributed by atoms with Crippen LogP contribution in [-0.2, 0) is 6.54 Å². The van der Waals surface area contributed by atoms with Crippen LogP contribution in [0.5, 0.6) is 5.75 Å². The molecule has 10 heteroatoms. The van der Waals surface area contributed by atoms with E-state index in [0.29, 0.717) is 24.5 Å². The maximum atomic E-state index is 12.6. The first-order valence-corrected chi connectivity index (χ1v) is 7.90. The summed E-state index contributed by atoms with van der Waals surface area (Å²) in [5.74, 6) is -0.635. The van der Waals surface area contributed by atoms with Crippen molar-refractivity contribution in [3.63, 3.8) is 0 Å². The molecule has 2 aromatic rings. The molecule has 3 rings (SSSR count). The van der Waals surface area contributed by atoms with Gasteiger partial charge in [-0.3, -0.25) is 9.69 Å². The third-order valence-corrected chi connectivity index (χ3v) is 3.93. The van der Waals surface area contributed by atoms with Crippen molar-refractivity contribution in [3.05, 3.63) is 53.7 Å². The first-order chi connectivity index (χ1) is 12.7. The number of carbonyl (C=O) groups excluding carboxylic acids is 2. The Balaban J connectivity index is 1.67. The van der Waals surface area contributed by atoms with Crippen molar-refractivity contribution in [2.75, 3.05) is 18.0 Å². The summed E-state index contributed by atoms with van der Waals surface area (Å²) in [4.78, 5) is 30.9. The van der Waals surface area contributed by atoms with Crippen LogP contribution in [0.1, 0.15) is 15.9 Å². The number of hydrogen-bond acceptors (Lipinski definition) is 4. The molecule has 0 atom stereocenters. The van der Waals surface area contributed by atoms with Gasteiger partial charge in [-0.05, 0) is 29.8 Å². The molecule has 1 aromatic carbocycles. The van der Waals surface area contributed by atoms with E-state index in [1.54, 1.807) is 0 Å². The van der Waals surface area contributed by atoms with E-state index in [9.17, 15) is 22.8 Å². The monoisotopic (exact) mass is 380 g/mol. The second kappa shape index (κ2) is 7.14. The number of nitrogens with two attached hydrogens (primary N) is 1. The number of anilines is 1. The lowest BCUT2D eigenvalue weighted by atomic mass is 10.2. The molecule has 0 saturated carbocycles. The van der Waals surface area contributed by atoms with E-state index >= 15 is 0 Å². The van der Waals surface area contributed by atoms with E-state index in [1.165, 1.54) is 52.4 Å². The fraction of sp³-hybridized carbons (Fsp3) is 0.235. The van der Waals surface area contributed by atoms with Crippen molar-refractivity contribution in [3.8, 4) is 5.75 Å². The van der Waals surface area contributed by atoms with E-state index in [4.69, 9.17) is 5.73 Å². The van der Waals surface area contributed by atoms with Crippen LogP contribution in [0.2, 0.25) is 0 Å². The van der Waals surface area contributed by atoms with Gasteiger partial charge >= 0.3 is 12.4 Å². The van der Waals surface area contributed by atoms with Crippen LogP contribution < -0.4 is 15.4 Å². The van der Waals surface area contributed by atoms with E-state index in [-0.39, 0.29) is 23.9 Å². The lowest BCUT2D eigenvalue weighted by Crippen LogP contribution is -2.32. The number of rotatable bonds is 5. The SMILES string of the molecule is NC(=O)c1ccnc(N2CCN(Cc3ccc(OC(F)(F)F)cc3)C2=O)c1. The number of amides is 3. The average Bonchev–Trinajstić information content (AvgIpc) is 2.96. The lowest BCUT2D eigenvalue weighted by Gasteiger charge is -2.18. The van der Waals surface area contributed by atoms with Gasteiger partial charge < -0.3 is 15.4 Å². The van der Waals surface area contributed by atoms with Crippen molar-refractivity contribution in [2.45, 2.75) is 12.9 Å². The summed E-state index contributed by atoms with van der Waals surface area (Å²) in [6.45, 7) is 0.989. The van der Waals surface area contributed by atoms with Crippen molar-refractivity contribution in [1.82, 2.24) is 9.88 Å². The van der Waals surface area contributed by atoms with Gasteiger partial charge in [0, 0.05) is 31.4 Å². The summed E-state index contributed by atoms with van der Waals surface area (Å²) >= 11 is 0. The van der Waals surface area contributed by atoms with Gasteiger partial charge in [0.15, 0.2) is 0 Å². The maximum Gasteiger partial charge on any atom is 0.573 e. The number of urea groups is 1. The van der Waals surface area contributed by atoms with Crippen LogP contribution in [0.25, 0.3) is 0 Å². The Kier molecular flexibility index (Phi) is 4.89. The molecule has 0 unspecified atom stereocenters. The third-order valence-electron chi connectivity index (χ3n) is 3.93. The van der Waals surface area contributed by atoms with Gasteiger partial charge in [-0.25, -0.2) is 9.78 Å². The fourth-order valence-corrected chi connectivity index (χ4v) is 2.68. The molecule has 27 heavy (non-hydrogen) atoms. The summed E-state index contributed by atoms with van der Waals surface area (Å²) in [7, 11) is 0. The second-order valence-electron chi connectivity index (χ2n) is 5.81. The van der Waals surface area contributed by atoms with E-state index < -0.39 is 12.3 Å². The van der Waals surface area contributed by atoms with E-state index in [2.05, 4.69) is 9.72 Å². The number of ether oxygens (including phenoxy) is 1. The van der Waals surface area contributed by atoms with Gasteiger partial charge in [0.25, 0.3) is 0 Å². The maximum absolute atomic E-state index is 12.6. The molecule has 2 N–H and O–H groups in total. The number of aromatic nitrogens is 1. The number of hydrogen-bond donors (Lipinski definition) is 1. The first-order valence-electron chi connectivity index (χ1n) is 7.90. The Labute approximate surface area is 152 Å². The molecule has 1 aliphatic rings. The van der Waals surface area contributed by atoms with Crippen LogP contribution in [0.15, 0.2) is 42.6 Å². The Morgan fingerprint density at radius 2 is 1.89 bits per heavy atom. The van der Waals surface area contributed by atoms with Gasteiger partial charge in [0.2, 0.25) is 5.91 Å². The minimum Gasteiger partial charge on any atom is -0.406 e. The largest absolute Gasteiger partial charge is 0.573 e. The molecule has 1 saturated heterocycles. The fourth-order valence-electron chi connectivity index (χ4n) is 2.68. The summed E-state index contributed by atoms with van der Waals surface area (Å²) < 4.78 is 40.4. The third kappa shape index (κ3) is 4.46. The van der Waals surface area contributed by atoms with Crippen LogP contribution in [0, 0.1) is 0 Å². The number of primary amides is 1. The minimum atomic E-state index is -4.75. The van der Waals surface area contributed by atoms with Gasteiger partial charge in [0.1, 0.15) is 11.6 Å². The molecule has 3 amide bonds. The molecule has 2 heterocycles. The molecule has 0 aliphatic carbocycles. The van der Waals surface area contributed by atoms with Crippen LogP contribution in [-0.4, -0.2) is 41.3 Å². The van der Waals surface area contributed by atoms with Crippen molar-refractivity contribution in [1.29, 1.82) is 0 Å². The molecule has 0 spiro atoms. The zero-order valence-electron chi connectivity index (χ0n) is 13.9. The molecule has 1 aromatic heterocycles. The van der Waals surface area contributed by atoms with Crippen LogP contribution in [0.3, 0.4) is 0 Å². The number of halogens is 3. The average molecular weight is 380 g/mol. The van der Waals surface area contributed by atoms with Gasteiger partial charge in [-0.2, -0.15) is 0 Å². The predicted octanol–water partition coefficient (Wildman–Crippen LogP) is 2.52. The lowest BCUT2D eigenvalue weighted by molar-refractivity contribution is -0.274. The summed E-state index contributed by atoms with van der Waals surface area (Å²) in [6, 6.07) is 7.88. The quantitative estimate of drug-likeness (QED) is 0.863. The molecule has 0 bridgehead atoms. The van der Waals surface area contributed by atoms with Crippen LogP contribution >= 0.6 is 0 Å².